The number of furan rings is 2. The maximum absolute atomic E-state index is 10.7. The molecule has 2 radical (unpaired) electrons. The summed E-state index contributed by atoms with van der Waals surface area (Å²) in [4.78, 5) is 17.7. The van der Waals surface area contributed by atoms with Gasteiger partial charge in [0.15, 0.2) is 10.1 Å². The van der Waals surface area contributed by atoms with Gasteiger partial charge in [0.25, 0.3) is 0 Å². The average molecular weight is 1920 g/mol. The normalized spacial score (nSPS) is 14.2. The number of rotatable bonds is 8. The summed E-state index contributed by atoms with van der Waals surface area (Å²) < 4.78 is 189. The van der Waals surface area contributed by atoms with Gasteiger partial charge in [-0.1, -0.05) is 233 Å². The van der Waals surface area contributed by atoms with Gasteiger partial charge in [-0.3, -0.25) is 4.98 Å². The number of nitrogens with zero attached hydrogens (tertiary/aromatic N) is 4. The van der Waals surface area contributed by atoms with Crippen LogP contribution >= 0.6 is 0 Å². The standard InChI is InChI=1S/C31H27NO.C31H26NO.2C16H18N.CHF3O3S.2CH4O.2Ir/c2*1-19-18-32-27(16-22(19)17-31(2,3)4)26-11-7-10-24-25-15-14-21-13-12-20-8-5-6-9-23(20)28(21)30(25)33-29(24)26;2*1-16(2,3)11-13-9-10-15(17-12-13)14-7-5-4-6-8-14;2-1(3,4)8(5,6)7;2*1-2;;/h5-16,18H,17H2,1-4H3;5-10,12-16,18H,17H2,1-4H3;2*4-7,9-10,12H,11H2,1-3H3;(H,5,6,7);2*2H,1H3;;/q;3*-1;;;;;/p-1/i2*1D3,17D2;2*11D2;;;;;. The molecule has 0 saturated carbocycles. The molecule has 6 heterocycles. The van der Waals surface area contributed by atoms with Crippen molar-refractivity contribution in [2.75, 3.05) is 14.2 Å². The Balaban J connectivity index is 0.000000210. The van der Waals surface area contributed by atoms with Crippen molar-refractivity contribution in [1.29, 1.82) is 0 Å². The van der Waals surface area contributed by atoms with E-state index in [1.807, 2.05) is 163 Å². The number of aliphatic hydroxyl groups is 2. The molecule has 10 aromatic carbocycles. The van der Waals surface area contributed by atoms with Crippen LogP contribution in [-0.2, 0) is 75.8 Å². The summed E-state index contributed by atoms with van der Waals surface area (Å²) in [5.41, 5.74) is 1.42. The van der Waals surface area contributed by atoms with Gasteiger partial charge in [-0.15, -0.1) is 90.0 Å². The van der Waals surface area contributed by atoms with Crippen LogP contribution in [0.5, 0.6) is 0 Å². The predicted molar refractivity (Wildman–Crippen MR) is 454 cm³/mol. The Hall–Kier alpha value is -9.64. The molecule has 0 spiro atoms. The van der Waals surface area contributed by atoms with E-state index in [0.29, 0.717) is 44.8 Å². The molecule has 0 bridgehead atoms. The number of pyridine rings is 4. The van der Waals surface area contributed by atoms with Crippen molar-refractivity contribution in [1.82, 2.24) is 19.9 Å². The maximum Gasteiger partial charge on any atom is 0.485 e. The van der Waals surface area contributed by atoms with Crippen molar-refractivity contribution >= 4 is 97.1 Å². The third-order valence-electron chi connectivity index (χ3n) is 16.9. The summed E-state index contributed by atoms with van der Waals surface area (Å²) in [7, 11) is -4.09. The third-order valence-corrected chi connectivity index (χ3v) is 17.4. The van der Waals surface area contributed by atoms with Gasteiger partial charge in [-0.25, -0.2) is 8.42 Å². The Morgan fingerprint density at radius 1 is 0.404 bits per heavy atom. The van der Waals surface area contributed by atoms with Crippen LogP contribution < -0.4 is 0 Å². The smallest absolute Gasteiger partial charge is 0.485 e. The number of aryl methyl sites for hydroxylation is 2. The number of aromatic nitrogens is 4. The minimum Gasteiger partial charge on any atom is -0.741 e. The van der Waals surface area contributed by atoms with Crippen molar-refractivity contribution in [3.8, 4) is 45.0 Å². The van der Waals surface area contributed by atoms with Crippen LogP contribution in [0.1, 0.15) is 136 Å². The van der Waals surface area contributed by atoms with Gasteiger partial charge in [0, 0.05) is 131 Å². The van der Waals surface area contributed by atoms with Crippen LogP contribution in [0.2, 0.25) is 0 Å². The minimum absolute atomic E-state index is 0. The number of aliphatic hydroxyl groups excluding tert-OH is 2. The van der Waals surface area contributed by atoms with E-state index in [1.54, 1.807) is 72.1 Å². The van der Waals surface area contributed by atoms with Gasteiger partial charge in [-0.05, 0) is 156 Å². The number of hydrogen-bond donors (Lipinski definition) is 2. The number of hydrogen-bond acceptors (Lipinski definition) is 11. The first kappa shape index (κ1) is 70.9. The molecule has 0 saturated heterocycles. The molecule has 0 aliphatic heterocycles. The van der Waals surface area contributed by atoms with Crippen LogP contribution in [0, 0.1) is 53.6 Å². The molecular weight excluding hydrogens is 1810 g/mol. The fourth-order valence-electron chi connectivity index (χ4n) is 12.5. The fraction of sp³-hybridized carbons (Fsp3) is 0.258. The van der Waals surface area contributed by atoms with E-state index in [4.69, 9.17) is 51.2 Å². The average Bonchev–Trinajstić information content (AvgIpc) is 1.49. The molecule has 2 N–H and O–H groups in total. The van der Waals surface area contributed by atoms with Gasteiger partial charge in [0.1, 0.15) is 16.7 Å². The summed E-state index contributed by atoms with van der Waals surface area (Å²) in [5, 5.41) is 26.4. The summed E-state index contributed by atoms with van der Waals surface area (Å²) in [6.07, 6.45) is -0.817. The largest absolute Gasteiger partial charge is 0.741 e. The molecule has 596 valence electrons. The molecule has 16 aromatic rings. The van der Waals surface area contributed by atoms with Gasteiger partial charge in [-0.2, -0.15) is 13.2 Å². The van der Waals surface area contributed by atoms with E-state index in [1.165, 1.54) is 12.4 Å². The van der Waals surface area contributed by atoms with E-state index in [-0.39, 0.29) is 62.5 Å². The molecule has 0 amide bonds. The molecular formula is C97H97F3Ir2N4O7S-4. The van der Waals surface area contributed by atoms with E-state index in [0.717, 1.165) is 113 Å². The Bertz CT molecular complexity index is 6320. The number of benzene rings is 10. The van der Waals surface area contributed by atoms with Crippen LogP contribution in [0.3, 0.4) is 0 Å². The monoisotopic (exact) mass is 1920 g/mol. The van der Waals surface area contributed by atoms with Crippen LogP contribution in [0.25, 0.3) is 132 Å². The first-order valence-electron chi connectivity index (χ1n) is 42.9. The number of alkyl halides is 3. The van der Waals surface area contributed by atoms with Gasteiger partial charge < -0.3 is 38.6 Å². The van der Waals surface area contributed by atoms with Crippen molar-refractivity contribution in [3.05, 3.63) is 289 Å². The van der Waals surface area contributed by atoms with E-state index in [9.17, 15) is 13.2 Å². The Morgan fingerprint density at radius 3 is 1.19 bits per heavy atom. The van der Waals surface area contributed by atoms with E-state index >= 15 is 0 Å². The molecule has 0 fully saturated rings. The summed E-state index contributed by atoms with van der Waals surface area (Å²) in [6, 6.07) is 78.0. The van der Waals surface area contributed by atoms with Gasteiger partial charge in [0.2, 0.25) is 0 Å². The van der Waals surface area contributed by atoms with Crippen LogP contribution in [0.4, 0.5) is 13.2 Å². The minimum atomic E-state index is -6.09. The Morgan fingerprint density at radius 2 is 0.781 bits per heavy atom. The number of halogens is 3. The SMILES string of the molecule is CO.CO.O=S(=O)([O-])C(F)(F)F.[2H]C([2H])([2H])c1cnc(-c2[c-]ccc3c2oc2c3ccc3ccc4ccccc4c32)cc1C([2H])([2H])C(C)(C)C.[2H]C([2H])([2H])c1cnc(-c2cccc3c2oc2c3ccc3ccc4ccccc4c32)cc1C([2H])([2H])C(C)(C)C.[2H]C([2H])(c1ccc(-c2[c-]cccc2)nc1)C(C)(C)C.[2H]C([2H])(c1ccc(-c2[c-]cccc2)nc1)C(C)(C)C.[Ir].[Ir]. The second-order valence-corrected chi connectivity index (χ2v) is 31.6. The Labute approximate surface area is 714 Å². The topological polar surface area (TPSA) is 175 Å². The zero-order valence-electron chi connectivity index (χ0n) is 79.4. The molecule has 17 heteroatoms. The molecule has 11 nitrogen and oxygen atoms in total. The molecule has 0 aliphatic rings. The van der Waals surface area contributed by atoms with Crippen molar-refractivity contribution < 1.29 is 105 Å². The Kier molecular flexibility index (Phi) is 23.8. The van der Waals surface area contributed by atoms with Gasteiger partial charge in [0.05, 0.1) is 11.3 Å². The van der Waals surface area contributed by atoms with Crippen LogP contribution in [0.15, 0.2) is 246 Å². The first-order valence-corrected chi connectivity index (χ1v) is 37.3. The third kappa shape index (κ3) is 22.7. The zero-order valence-corrected chi connectivity index (χ0v) is 71.1. The van der Waals surface area contributed by atoms with E-state index in [2.05, 4.69) is 111 Å². The van der Waals surface area contributed by atoms with E-state index < -0.39 is 76.5 Å². The van der Waals surface area contributed by atoms with Gasteiger partial charge >= 0.3 is 5.51 Å². The molecule has 0 atom stereocenters. The zero-order chi connectivity index (χ0) is 93.3. The number of para-hydroxylation sites is 1. The summed E-state index contributed by atoms with van der Waals surface area (Å²) >= 11 is 0. The summed E-state index contributed by atoms with van der Waals surface area (Å²) in [5.74, 6) is 0. The molecule has 0 aliphatic carbocycles. The second-order valence-electron chi connectivity index (χ2n) is 30.2. The van der Waals surface area contributed by atoms with Crippen molar-refractivity contribution in [2.45, 2.75) is 128 Å². The fourth-order valence-corrected chi connectivity index (χ4v) is 12.5. The summed E-state index contributed by atoms with van der Waals surface area (Å²) in [6.45, 7) is 17.0. The molecule has 16 rings (SSSR count). The maximum atomic E-state index is 10.7. The van der Waals surface area contributed by atoms with Crippen LogP contribution in [-0.4, -0.2) is 62.8 Å². The molecule has 114 heavy (non-hydrogen) atoms. The van der Waals surface area contributed by atoms with Crippen molar-refractivity contribution in [3.63, 3.8) is 0 Å². The predicted octanol–water partition coefficient (Wildman–Crippen LogP) is 25.0. The number of fused-ring (bicyclic) bond motifs is 14. The quantitative estimate of drug-likeness (QED) is 0.0641. The molecule has 0 unspecified atom stereocenters. The molecule has 6 aromatic heterocycles. The van der Waals surface area contributed by atoms with Crippen molar-refractivity contribution in [2.24, 2.45) is 21.7 Å². The first-order chi connectivity index (χ1) is 58.6. The second kappa shape index (κ2) is 38.2.